The van der Waals surface area contributed by atoms with E-state index in [1.165, 1.54) is 12.1 Å². The molecule has 6 rings (SSSR count). The number of imidazole rings is 1. The van der Waals surface area contributed by atoms with Crippen LogP contribution in [-0.2, 0) is 11.4 Å². The molecule has 5 heterocycles. The van der Waals surface area contributed by atoms with Crippen molar-refractivity contribution in [1.82, 2.24) is 24.6 Å². The number of nitrogens with one attached hydrogen (secondary N) is 1. The molecule has 0 saturated carbocycles. The van der Waals surface area contributed by atoms with Gasteiger partial charge in [-0.15, -0.1) is 0 Å². The van der Waals surface area contributed by atoms with E-state index in [9.17, 15) is 8.78 Å². The van der Waals surface area contributed by atoms with Gasteiger partial charge in [0.2, 0.25) is 5.95 Å². The van der Waals surface area contributed by atoms with Crippen LogP contribution in [0.25, 0.3) is 16.7 Å². The van der Waals surface area contributed by atoms with Crippen LogP contribution in [0.3, 0.4) is 0 Å². The number of hydrogen-bond donors (Lipinski definition) is 2. The van der Waals surface area contributed by atoms with Gasteiger partial charge in [0.25, 0.3) is 0 Å². The maximum absolute atomic E-state index is 14.4. The van der Waals surface area contributed by atoms with E-state index < -0.39 is 12.5 Å². The van der Waals surface area contributed by atoms with E-state index in [1.807, 2.05) is 17.5 Å². The fourth-order valence-corrected chi connectivity index (χ4v) is 5.27. The maximum atomic E-state index is 14.4. The fourth-order valence-electron chi connectivity index (χ4n) is 5.27. The smallest absolute Gasteiger partial charge is 0.213 e. The second-order valence-corrected chi connectivity index (χ2v) is 9.38. The molecule has 2 fully saturated rings. The molecule has 4 aromatic rings. The van der Waals surface area contributed by atoms with Crippen molar-refractivity contribution in [2.45, 2.75) is 38.6 Å². The molecule has 3 N–H and O–H groups in total. The van der Waals surface area contributed by atoms with Gasteiger partial charge in [0.05, 0.1) is 23.7 Å². The summed E-state index contributed by atoms with van der Waals surface area (Å²) >= 11 is 0. The Hall–Kier alpha value is -3.55. The van der Waals surface area contributed by atoms with Gasteiger partial charge in [0, 0.05) is 42.5 Å². The Kier molecular flexibility index (Phi) is 5.20. The van der Waals surface area contributed by atoms with Gasteiger partial charge >= 0.3 is 0 Å². The lowest BCUT2D eigenvalue weighted by molar-refractivity contribution is 0.0973. The first kappa shape index (κ1) is 21.9. The van der Waals surface area contributed by atoms with Crippen molar-refractivity contribution in [2.24, 2.45) is 11.1 Å². The zero-order chi connectivity index (χ0) is 24.2. The largest absolute Gasteiger partial charge is 0.376 e. The number of nitrogens with two attached hydrogens (primary N) is 1. The first-order valence-corrected chi connectivity index (χ1v) is 11.7. The number of nitrogens with zero attached hydrogens (tertiary/aromatic N) is 5. The Bertz CT molecular complexity index is 1480. The van der Waals surface area contributed by atoms with Gasteiger partial charge in [0.15, 0.2) is 11.3 Å². The Morgan fingerprint density at radius 3 is 2.86 bits per heavy atom. The standard InChI is InChI=1S/C25H25F2N7O/c1-15-21(28)25(14-35-15)7-10-33(11-8-25)24-30-22-19(23-29-9-12-34(23)24)18(31-32-22)6-5-16-3-2-4-17(13-26)20(16)27/h2-4,9,12,15,21H,7-8,10-11,13-14,28H2,1H3,(H,31,32)/t15-,21+/m0/s1. The lowest BCUT2D eigenvalue weighted by atomic mass is 9.73. The van der Waals surface area contributed by atoms with Crippen molar-refractivity contribution >= 4 is 22.6 Å². The van der Waals surface area contributed by atoms with Crippen LogP contribution in [0.4, 0.5) is 14.7 Å². The van der Waals surface area contributed by atoms with E-state index in [0.29, 0.717) is 29.0 Å². The first-order valence-electron chi connectivity index (χ1n) is 11.7. The first-order chi connectivity index (χ1) is 17.0. The van der Waals surface area contributed by atoms with Crippen LogP contribution >= 0.6 is 0 Å². The number of halogens is 2. The number of alkyl halides is 1. The van der Waals surface area contributed by atoms with Gasteiger partial charge in [-0.25, -0.2) is 13.8 Å². The SMILES string of the molecule is C[C@@H]1OCC2(CCN(c3nc4[nH]nc(C#Cc5cccc(CF)c5F)c4c4nccn34)CC2)[C@@H]1N. The number of ether oxygens (including phenoxy) is 1. The predicted octanol–water partition coefficient (Wildman–Crippen LogP) is 2.95. The molecule has 1 spiro atoms. The molecule has 0 bridgehead atoms. The van der Waals surface area contributed by atoms with Crippen molar-refractivity contribution in [1.29, 1.82) is 0 Å². The highest BCUT2D eigenvalue weighted by Crippen LogP contribution is 2.42. The maximum Gasteiger partial charge on any atom is 0.213 e. The summed E-state index contributed by atoms with van der Waals surface area (Å²) in [5.41, 5.74) is 8.21. The molecule has 180 valence electrons. The van der Waals surface area contributed by atoms with Crippen LogP contribution in [0.2, 0.25) is 0 Å². The summed E-state index contributed by atoms with van der Waals surface area (Å²) in [6.45, 7) is 3.47. The molecule has 8 nitrogen and oxygen atoms in total. The minimum atomic E-state index is -0.885. The monoisotopic (exact) mass is 477 g/mol. The Balaban J connectivity index is 1.35. The molecule has 0 aliphatic carbocycles. The van der Waals surface area contributed by atoms with Crippen LogP contribution in [0.1, 0.15) is 36.6 Å². The summed E-state index contributed by atoms with van der Waals surface area (Å²) in [6.07, 6.45) is 5.51. The highest BCUT2D eigenvalue weighted by Gasteiger charge is 2.47. The van der Waals surface area contributed by atoms with Crippen LogP contribution in [0.15, 0.2) is 30.6 Å². The molecule has 3 aromatic heterocycles. The third kappa shape index (κ3) is 3.46. The summed E-state index contributed by atoms with van der Waals surface area (Å²) < 4.78 is 35.2. The summed E-state index contributed by atoms with van der Waals surface area (Å²) in [4.78, 5) is 11.6. The highest BCUT2D eigenvalue weighted by atomic mass is 19.1. The molecular weight excluding hydrogens is 452 g/mol. The minimum Gasteiger partial charge on any atom is -0.376 e. The minimum absolute atomic E-state index is 0.0134. The quantitative estimate of drug-likeness (QED) is 0.431. The van der Waals surface area contributed by atoms with Crippen molar-refractivity contribution in [2.75, 3.05) is 24.6 Å². The lowest BCUT2D eigenvalue weighted by Crippen LogP contribution is -2.51. The van der Waals surface area contributed by atoms with Crippen LogP contribution < -0.4 is 10.6 Å². The molecule has 1 aromatic carbocycles. The zero-order valence-corrected chi connectivity index (χ0v) is 19.3. The average molecular weight is 478 g/mol. The number of fused-ring (bicyclic) bond motifs is 3. The van der Waals surface area contributed by atoms with Gasteiger partial charge < -0.3 is 15.4 Å². The number of H-pyrrole nitrogens is 1. The Labute approximate surface area is 200 Å². The normalized spacial score (nSPS) is 21.7. The summed E-state index contributed by atoms with van der Waals surface area (Å²) in [5, 5.41) is 7.91. The third-order valence-electron chi connectivity index (χ3n) is 7.47. The average Bonchev–Trinajstić information content (AvgIpc) is 3.58. The molecule has 2 atom stereocenters. The van der Waals surface area contributed by atoms with Crippen LogP contribution in [-0.4, -0.2) is 56.4 Å². The predicted molar refractivity (Wildman–Crippen MR) is 127 cm³/mol. The molecule has 2 saturated heterocycles. The Morgan fingerprint density at radius 1 is 1.29 bits per heavy atom. The second kappa shape index (κ2) is 8.29. The number of aromatic amines is 1. The van der Waals surface area contributed by atoms with E-state index in [0.717, 1.165) is 31.9 Å². The van der Waals surface area contributed by atoms with E-state index in [1.54, 1.807) is 12.3 Å². The summed E-state index contributed by atoms with van der Waals surface area (Å²) in [7, 11) is 0. The van der Waals surface area contributed by atoms with Crippen molar-refractivity contribution in [3.05, 3.63) is 53.2 Å². The molecule has 10 heteroatoms. The molecule has 0 radical (unpaired) electrons. The molecule has 0 unspecified atom stereocenters. The van der Waals surface area contributed by atoms with E-state index in [-0.39, 0.29) is 28.7 Å². The Morgan fingerprint density at radius 2 is 2.11 bits per heavy atom. The van der Waals surface area contributed by atoms with Gasteiger partial charge in [-0.2, -0.15) is 10.1 Å². The van der Waals surface area contributed by atoms with Gasteiger partial charge in [0.1, 0.15) is 18.2 Å². The summed E-state index contributed by atoms with van der Waals surface area (Å²) in [5.74, 6) is 5.80. The zero-order valence-electron chi connectivity index (χ0n) is 19.3. The van der Waals surface area contributed by atoms with E-state index in [2.05, 4.69) is 31.9 Å². The van der Waals surface area contributed by atoms with E-state index in [4.69, 9.17) is 15.5 Å². The third-order valence-corrected chi connectivity index (χ3v) is 7.47. The number of anilines is 1. The molecule has 2 aliphatic heterocycles. The van der Waals surface area contributed by atoms with Gasteiger partial charge in [-0.1, -0.05) is 18.1 Å². The van der Waals surface area contributed by atoms with Gasteiger partial charge in [-0.3, -0.25) is 9.50 Å². The lowest BCUT2D eigenvalue weighted by Gasteiger charge is -2.41. The molecule has 0 amide bonds. The van der Waals surface area contributed by atoms with Crippen molar-refractivity contribution in [3.8, 4) is 11.8 Å². The fraction of sp³-hybridized carbons (Fsp3) is 0.400. The van der Waals surface area contributed by atoms with Crippen LogP contribution in [0.5, 0.6) is 0 Å². The number of aromatic nitrogens is 5. The van der Waals surface area contributed by atoms with Gasteiger partial charge in [-0.05, 0) is 31.8 Å². The molecule has 2 aliphatic rings. The van der Waals surface area contributed by atoms with Crippen LogP contribution in [0, 0.1) is 23.1 Å². The van der Waals surface area contributed by atoms with Crippen molar-refractivity contribution in [3.63, 3.8) is 0 Å². The van der Waals surface area contributed by atoms with Crippen molar-refractivity contribution < 1.29 is 13.5 Å². The topological polar surface area (TPSA) is 97.4 Å². The number of benzene rings is 1. The van der Waals surface area contributed by atoms with E-state index >= 15 is 0 Å². The number of rotatable bonds is 2. The molecule has 35 heavy (non-hydrogen) atoms. The summed E-state index contributed by atoms with van der Waals surface area (Å²) in [6, 6.07) is 4.54. The number of hydrogen-bond acceptors (Lipinski definition) is 6. The number of piperidine rings is 1. The highest BCUT2D eigenvalue weighted by molar-refractivity contribution is 5.94. The second-order valence-electron chi connectivity index (χ2n) is 9.38. The molecular formula is C25H25F2N7O.